The summed E-state index contributed by atoms with van der Waals surface area (Å²) < 4.78 is 18.7. The van der Waals surface area contributed by atoms with Crippen LogP contribution < -0.4 is 4.90 Å². The number of aliphatic hydroxyl groups is 1. The maximum Gasteiger partial charge on any atom is 0.415 e. The maximum atomic E-state index is 13.6. The van der Waals surface area contributed by atoms with Crippen LogP contribution in [0.15, 0.2) is 12.1 Å². The number of hydrogen-bond donors (Lipinski definition) is 1. The second-order valence-corrected chi connectivity index (χ2v) is 5.72. The molecule has 0 saturated heterocycles. The second-order valence-electron chi connectivity index (χ2n) is 5.34. The number of nitro groups is 1. The van der Waals surface area contributed by atoms with Crippen molar-refractivity contribution in [3.8, 4) is 0 Å². The molecule has 7 nitrogen and oxygen atoms in total. The highest BCUT2D eigenvalue weighted by Gasteiger charge is 2.31. The summed E-state index contributed by atoms with van der Waals surface area (Å²) in [5.41, 5.74) is -1.89. The van der Waals surface area contributed by atoms with Crippen LogP contribution in [0.3, 0.4) is 0 Å². The van der Waals surface area contributed by atoms with E-state index in [4.69, 9.17) is 21.4 Å². The van der Waals surface area contributed by atoms with Gasteiger partial charge in [-0.2, -0.15) is 0 Å². The first kappa shape index (κ1) is 18.1. The van der Waals surface area contributed by atoms with Gasteiger partial charge in [0.2, 0.25) is 0 Å². The lowest BCUT2D eigenvalue weighted by atomic mass is 10.2. The summed E-state index contributed by atoms with van der Waals surface area (Å²) in [5, 5.41) is 19.6. The second kappa shape index (κ2) is 6.89. The first-order valence-corrected chi connectivity index (χ1v) is 6.70. The number of hydrogen-bond acceptors (Lipinski definition) is 5. The summed E-state index contributed by atoms with van der Waals surface area (Å²) in [5.74, 6) is -0.922. The molecule has 1 rings (SSSR count). The van der Waals surface area contributed by atoms with E-state index in [1.165, 1.54) is 0 Å². The number of amides is 1. The summed E-state index contributed by atoms with van der Waals surface area (Å²) in [7, 11) is 0. The van der Waals surface area contributed by atoms with Crippen LogP contribution in [0.4, 0.5) is 20.6 Å². The number of nitrogens with zero attached hydrogens (tertiary/aromatic N) is 2. The van der Waals surface area contributed by atoms with E-state index < -0.39 is 45.4 Å². The van der Waals surface area contributed by atoms with E-state index in [0.717, 1.165) is 17.0 Å². The van der Waals surface area contributed by atoms with Crippen molar-refractivity contribution in [2.45, 2.75) is 26.4 Å². The van der Waals surface area contributed by atoms with Gasteiger partial charge in [0.05, 0.1) is 18.1 Å². The Morgan fingerprint density at radius 3 is 2.55 bits per heavy atom. The Labute approximate surface area is 131 Å². The quantitative estimate of drug-likeness (QED) is 0.674. The third-order valence-corrected chi connectivity index (χ3v) is 2.81. The summed E-state index contributed by atoms with van der Waals surface area (Å²) >= 11 is 5.78. The number of ether oxygens (including phenoxy) is 1. The molecule has 0 saturated carbocycles. The highest BCUT2D eigenvalue weighted by atomic mass is 35.5. The smallest absolute Gasteiger partial charge is 0.415 e. The topological polar surface area (TPSA) is 92.9 Å². The first-order valence-electron chi connectivity index (χ1n) is 6.32. The van der Waals surface area contributed by atoms with E-state index in [1.54, 1.807) is 20.8 Å². The average Bonchev–Trinajstić information content (AvgIpc) is 2.37. The minimum atomic E-state index is -0.975. The monoisotopic (exact) mass is 334 g/mol. The van der Waals surface area contributed by atoms with Gasteiger partial charge in [-0.15, -0.1) is 0 Å². The first-order chi connectivity index (χ1) is 10.1. The molecule has 0 aliphatic rings. The van der Waals surface area contributed by atoms with Gasteiger partial charge in [-0.25, -0.2) is 9.18 Å². The standard InChI is InChI=1S/C13H16ClFN2O5/c1-13(2,3)22-12(19)16(6-7-18)11-9(17(20)21)5-4-8(15)10(11)14/h4-5,18H,6-7H2,1-3H3. The largest absolute Gasteiger partial charge is 0.443 e. The third kappa shape index (κ3) is 4.28. The lowest BCUT2D eigenvalue weighted by Gasteiger charge is -2.27. The van der Waals surface area contributed by atoms with Gasteiger partial charge in [-0.1, -0.05) is 11.6 Å². The number of anilines is 1. The number of rotatable bonds is 4. The molecule has 0 aromatic heterocycles. The Balaban J connectivity index is 3.40. The normalized spacial score (nSPS) is 11.2. The lowest BCUT2D eigenvalue weighted by Crippen LogP contribution is -2.39. The maximum absolute atomic E-state index is 13.6. The van der Waals surface area contributed by atoms with Crippen molar-refractivity contribution in [2.75, 3.05) is 18.1 Å². The van der Waals surface area contributed by atoms with Crippen molar-refractivity contribution < 1.29 is 24.0 Å². The Morgan fingerprint density at radius 1 is 1.50 bits per heavy atom. The van der Waals surface area contributed by atoms with Crippen molar-refractivity contribution in [3.63, 3.8) is 0 Å². The zero-order chi connectivity index (χ0) is 17.1. The molecule has 9 heteroatoms. The van der Waals surface area contributed by atoms with Crippen molar-refractivity contribution in [2.24, 2.45) is 0 Å². The molecule has 0 unspecified atom stereocenters. The van der Waals surface area contributed by atoms with Crippen molar-refractivity contribution in [1.82, 2.24) is 0 Å². The molecule has 0 aliphatic carbocycles. The predicted octanol–water partition coefficient (Wildman–Crippen LogP) is 3.12. The fraction of sp³-hybridized carbons (Fsp3) is 0.462. The van der Waals surface area contributed by atoms with Gasteiger partial charge in [0, 0.05) is 6.07 Å². The van der Waals surface area contributed by atoms with Gasteiger partial charge in [-0.3, -0.25) is 15.0 Å². The molecule has 0 bridgehead atoms. The molecule has 1 aromatic carbocycles. The van der Waals surface area contributed by atoms with E-state index in [1.807, 2.05) is 0 Å². The lowest BCUT2D eigenvalue weighted by molar-refractivity contribution is -0.384. The van der Waals surface area contributed by atoms with Gasteiger partial charge >= 0.3 is 6.09 Å². The van der Waals surface area contributed by atoms with E-state index in [9.17, 15) is 19.3 Å². The Kier molecular flexibility index (Phi) is 5.67. The number of carbonyl (C=O) groups excluding carboxylic acids is 1. The van der Waals surface area contributed by atoms with Crippen LogP contribution in [0, 0.1) is 15.9 Å². The summed E-state index contributed by atoms with van der Waals surface area (Å²) in [6.07, 6.45) is -0.975. The Hall–Kier alpha value is -1.93. The van der Waals surface area contributed by atoms with Gasteiger partial charge in [0.15, 0.2) is 0 Å². The summed E-state index contributed by atoms with van der Waals surface area (Å²) in [4.78, 5) is 23.2. The zero-order valence-corrected chi connectivity index (χ0v) is 13.1. The highest BCUT2D eigenvalue weighted by Crippen LogP contribution is 2.38. The average molecular weight is 335 g/mol. The van der Waals surface area contributed by atoms with Gasteiger partial charge < -0.3 is 9.84 Å². The Bertz CT molecular complexity index is 589. The third-order valence-electron chi connectivity index (χ3n) is 2.45. The predicted molar refractivity (Wildman–Crippen MR) is 78.7 cm³/mol. The molecule has 122 valence electrons. The number of benzene rings is 1. The van der Waals surface area contributed by atoms with Crippen LogP contribution in [-0.4, -0.2) is 34.9 Å². The zero-order valence-electron chi connectivity index (χ0n) is 12.3. The fourth-order valence-electron chi connectivity index (χ4n) is 1.65. The van der Waals surface area contributed by atoms with Crippen LogP contribution >= 0.6 is 11.6 Å². The van der Waals surface area contributed by atoms with Crippen LogP contribution in [0.25, 0.3) is 0 Å². The minimum Gasteiger partial charge on any atom is -0.443 e. The van der Waals surface area contributed by atoms with Gasteiger partial charge in [0.1, 0.15) is 22.1 Å². The van der Waals surface area contributed by atoms with Crippen LogP contribution in [-0.2, 0) is 4.74 Å². The molecular weight excluding hydrogens is 319 g/mol. The van der Waals surface area contributed by atoms with Crippen LogP contribution in [0.2, 0.25) is 5.02 Å². The summed E-state index contributed by atoms with van der Waals surface area (Å²) in [6, 6.07) is 1.72. The Morgan fingerprint density at radius 2 is 2.09 bits per heavy atom. The molecule has 1 aromatic rings. The minimum absolute atomic E-state index is 0.334. The molecule has 0 spiro atoms. The van der Waals surface area contributed by atoms with Crippen molar-refractivity contribution in [1.29, 1.82) is 0 Å². The van der Waals surface area contributed by atoms with E-state index in [0.29, 0.717) is 0 Å². The van der Waals surface area contributed by atoms with E-state index in [-0.39, 0.29) is 6.54 Å². The number of aliphatic hydroxyl groups excluding tert-OH is 1. The molecule has 1 amide bonds. The van der Waals surface area contributed by atoms with Crippen molar-refractivity contribution in [3.05, 3.63) is 33.1 Å². The number of halogens is 2. The fourth-order valence-corrected chi connectivity index (χ4v) is 1.91. The molecule has 22 heavy (non-hydrogen) atoms. The summed E-state index contributed by atoms with van der Waals surface area (Å²) in [6.45, 7) is 3.96. The van der Waals surface area contributed by atoms with Crippen LogP contribution in [0.1, 0.15) is 20.8 Å². The van der Waals surface area contributed by atoms with Gasteiger partial charge in [-0.05, 0) is 26.8 Å². The molecule has 1 N–H and O–H groups in total. The van der Waals surface area contributed by atoms with Crippen molar-refractivity contribution >= 4 is 29.1 Å². The molecule has 0 aliphatic heterocycles. The molecular formula is C13H16ClFN2O5. The molecule has 0 heterocycles. The van der Waals surface area contributed by atoms with Gasteiger partial charge in [0.25, 0.3) is 5.69 Å². The number of nitro benzene ring substituents is 1. The molecule has 0 atom stereocenters. The number of carbonyl (C=O) groups is 1. The van der Waals surface area contributed by atoms with E-state index >= 15 is 0 Å². The van der Waals surface area contributed by atoms with Crippen LogP contribution in [0.5, 0.6) is 0 Å². The highest BCUT2D eigenvalue weighted by molar-refractivity contribution is 6.34. The molecule has 0 fully saturated rings. The SMILES string of the molecule is CC(C)(C)OC(=O)N(CCO)c1c([N+](=O)[O-])ccc(F)c1Cl. The molecule has 0 radical (unpaired) electrons. The van der Waals surface area contributed by atoms with E-state index in [2.05, 4.69) is 0 Å².